The molecule has 0 saturated heterocycles. The lowest BCUT2D eigenvalue weighted by Crippen LogP contribution is -2.11. The van der Waals surface area contributed by atoms with Crippen LogP contribution in [0.15, 0.2) is 30.3 Å². The number of hydrogen-bond acceptors (Lipinski definition) is 6. The number of hydrogen-bond donors (Lipinski definition) is 3. The van der Waals surface area contributed by atoms with Crippen LogP contribution in [0.2, 0.25) is 5.28 Å². The summed E-state index contributed by atoms with van der Waals surface area (Å²) in [5.41, 5.74) is 1.31. The molecule has 0 fully saturated rings. The highest BCUT2D eigenvalue weighted by Crippen LogP contribution is 2.10. The molecule has 0 aliphatic heterocycles. The zero-order valence-corrected chi connectivity index (χ0v) is 13.1. The van der Waals surface area contributed by atoms with Crippen LogP contribution in [0.3, 0.4) is 0 Å². The van der Waals surface area contributed by atoms with E-state index in [0.29, 0.717) is 24.9 Å². The summed E-state index contributed by atoms with van der Waals surface area (Å²) in [7, 11) is 0. The normalized spacial score (nSPS) is 10.5. The molecule has 6 nitrogen and oxygen atoms in total. The minimum atomic E-state index is 0.121. The lowest BCUT2D eigenvalue weighted by atomic mass is 10.1. The second-order valence-corrected chi connectivity index (χ2v) is 5.11. The lowest BCUT2D eigenvalue weighted by Gasteiger charge is -2.08. The molecule has 1 heterocycles. The third kappa shape index (κ3) is 5.83. The van der Waals surface area contributed by atoms with Crippen LogP contribution in [-0.2, 0) is 6.42 Å². The number of rotatable bonds is 9. The Labute approximate surface area is 135 Å². The fraction of sp³-hybridized carbons (Fsp3) is 0.400. The number of aliphatic hydroxyl groups excluding tert-OH is 1. The minimum Gasteiger partial charge on any atom is -0.396 e. The second-order valence-electron chi connectivity index (χ2n) is 4.77. The molecule has 3 N–H and O–H groups in total. The van der Waals surface area contributed by atoms with Crippen LogP contribution in [0.1, 0.15) is 18.4 Å². The van der Waals surface area contributed by atoms with E-state index in [1.54, 1.807) is 0 Å². The number of aryl methyl sites for hydroxylation is 1. The van der Waals surface area contributed by atoms with Gasteiger partial charge in [0, 0.05) is 19.7 Å². The molecule has 0 spiro atoms. The van der Waals surface area contributed by atoms with Gasteiger partial charge in [-0.15, -0.1) is 0 Å². The van der Waals surface area contributed by atoms with Crippen LogP contribution in [0, 0.1) is 0 Å². The van der Waals surface area contributed by atoms with Crippen molar-refractivity contribution in [1.82, 2.24) is 15.0 Å². The average Bonchev–Trinajstić information content (AvgIpc) is 2.52. The summed E-state index contributed by atoms with van der Waals surface area (Å²) in [6.45, 7) is 1.46. The summed E-state index contributed by atoms with van der Waals surface area (Å²) in [5.74, 6) is 0.874. The van der Waals surface area contributed by atoms with Gasteiger partial charge in [-0.25, -0.2) is 0 Å². The van der Waals surface area contributed by atoms with Crippen molar-refractivity contribution in [1.29, 1.82) is 0 Å². The first-order valence-corrected chi connectivity index (χ1v) is 7.70. The molecule has 0 aliphatic rings. The van der Waals surface area contributed by atoms with Gasteiger partial charge in [0.15, 0.2) is 0 Å². The molecular formula is C15H20ClN5O. The zero-order valence-electron chi connectivity index (χ0n) is 12.3. The Morgan fingerprint density at radius 1 is 0.909 bits per heavy atom. The van der Waals surface area contributed by atoms with Gasteiger partial charge in [-0.1, -0.05) is 30.3 Å². The molecule has 0 amide bonds. The topological polar surface area (TPSA) is 83.0 Å². The van der Waals surface area contributed by atoms with Crippen LogP contribution in [0.4, 0.5) is 11.9 Å². The van der Waals surface area contributed by atoms with Crippen LogP contribution >= 0.6 is 11.6 Å². The summed E-state index contributed by atoms with van der Waals surface area (Å²) in [6, 6.07) is 10.3. The van der Waals surface area contributed by atoms with Gasteiger partial charge in [0.25, 0.3) is 0 Å². The summed E-state index contributed by atoms with van der Waals surface area (Å²) in [6.07, 6.45) is 2.60. The van der Waals surface area contributed by atoms with Crippen molar-refractivity contribution in [2.24, 2.45) is 0 Å². The fourth-order valence-corrected chi connectivity index (χ4v) is 2.08. The van der Waals surface area contributed by atoms with Gasteiger partial charge in [-0.05, 0) is 36.4 Å². The van der Waals surface area contributed by atoms with E-state index in [2.05, 4.69) is 37.7 Å². The maximum atomic E-state index is 8.76. The van der Waals surface area contributed by atoms with Gasteiger partial charge in [0.2, 0.25) is 17.2 Å². The summed E-state index contributed by atoms with van der Waals surface area (Å²) in [5, 5.41) is 15.1. The van der Waals surface area contributed by atoms with Crippen LogP contribution in [0.5, 0.6) is 0 Å². The molecule has 0 aliphatic carbocycles. The summed E-state index contributed by atoms with van der Waals surface area (Å²) in [4.78, 5) is 12.3. The summed E-state index contributed by atoms with van der Waals surface area (Å²) >= 11 is 5.88. The standard InChI is InChI=1S/C15H20ClN5O/c16-13-19-14(21-15(20-13)18-10-5-11-22)17-9-4-8-12-6-2-1-3-7-12/h1-3,6-7,22H,4-5,8-11H2,(H2,17,18,19,20,21). The lowest BCUT2D eigenvalue weighted by molar-refractivity contribution is 0.292. The van der Waals surface area contributed by atoms with E-state index < -0.39 is 0 Å². The predicted molar refractivity (Wildman–Crippen MR) is 88.3 cm³/mol. The van der Waals surface area contributed by atoms with Gasteiger partial charge in [-0.2, -0.15) is 15.0 Å². The van der Waals surface area contributed by atoms with E-state index in [-0.39, 0.29) is 11.9 Å². The van der Waals surface area contributed by atoms with Crippen LogP contribution in [0.25, 0.3) is 0 Å². The SMILES string of the molecule is OCCCNc1nc(Cl)nc(NCCCc2ccccc2)n1. The molecule has 0 saturated carbocycles. The fourth-order valence-electron chi connectivity index (χ4n) is 1.92. The van der Waals surface area contributed by atoms with E-state index in [1.807, 2.05) is 18.2 Å². The third-order valence-electron chi connectivity index (χ3n) is 2.99. The molecule has 0 atom stereocenters. The van der Waals surface area contributed by atoms with Crippen molar-refractivity contribution in [2.75, 3.05) is 30.3 Å². The molecule has 0 unspecified atom stereocenters. The van der Waals surface area contributed by atoms with Gasteiger partial charge in [-0.3, -0.25) is 0 Å². The molecule has 2 rings (SSSR count). The highest BCUT2D eigenvalue weighted by molar-refractivity contribution is 6.28. The first-order chi connectivity index (χ1) is 10.8. The van der Waals surface area contributed by atoms with Gasteiger partial charge >= 0.3 is 0 Å². The number of benzene rings is 1. The van der Waals surface area contributed by atoms with E-state index in [9.17, 15) is 0 Å². The highest BCUT2D eigenvalue weighted by atomic mass is 35.5. The molecule has 0 bridgehead atoms. The number of anilines is 2. The van der Waals surface area contributed by atoms with Crippen molar-refractivity contribution in [3.05, 3.63) is 41.2 Å². The molecule has 22 heavy (non-hydrogen) atoms. The number of aromatic nitrogens is 3. The van der Waals surface area contributed by atoms with Crippen LogP contribution in [-0.4, -0.2) is 39.8 Å². The maximum Gasteiger partial charge on any atom is 0.228 e. The second kappa shape index (κ2) is 9.17. The van der Waals surface area contributed by atoms with E-state index in [0.717, 1.165) is 19.4 Å². The first kappa shape index (κ1) is 16.5. The Morgan fingerprint density at radius 3 is 2.18 bits per heavy atom. The van der Waals surface area contributed by atoms with Gasteiger partial charge in [0.05, 0.1) is 0 Å². The average molecular weight is 322 g/mol. The largest absolute Gasteiger partial charge is 0.396 e. The van der Waals surface area contributed by atoms with Crippen molar-refractivity contribution in [2.45, 2.75) is 19.3 Å². The van der Waals surface area contributed by atoms with Crippen LogP contribution < -0.4 is 10.6 Å². The Morgan fingerprint density at radius 2 is 1.55 bits per heavy atom. The quantitative estimate of drug-likeness (QED) is 0.615. The first-order valence-electron chi connectivity index (χ1n) is 7.32. The van der Waals surface area contributed by atoms with Gasteiger partial charge in [0.1, 0.15) is 0 Å². The smallest absolute Gasteiger partial charge is 0.228 e. The highest BCUT2D eigenvalue weighted by Gasteiger charge is 2.04. The molecule has 1 aromatic heterocycles. The number of aliphatic hydroxyl groups is 1. The molecule has 1 aromatic carbocycles. The van der Waals surface area contributed by atoms with E-state index >= 15 is 0 Å². The van der Waals surface area contributed by atoms with Crippen molar-refractivity contribution in [3.8, 4) is 0 Å². The Kier molecular flexibility index (Phi) is 6.86. The molecule has 118 valence electrons. The molecule has 2 aromatic rings. The Balaban J connectivity index is 1.79. The molecular weight excluding hydrogens is 302 g/mol. The monoisotopic (exact) mass is 321 g/mol. The summed E-state index contributed by atoms with van der Waals surface area (Å²) < 4.78 is 0. The predicted octanol–water partition coefficient (Wildman–Crippen LogP) is 2.36. The number of nitrogens with zero attached hydrogens (tertiary/aromatic N) is 3. The van der Waals surface area contributed by atoms with Crippen molar-refractivity contribution >= 4 is 23.5 Å². The van der Waals surface area contributed by atoms with E-state index in [1.165, 1.54) is 5.56 Å². The Bertz CT molecular complexity index is 567. The van der Waals surface area contributed by atoms with Crippen molar-refractivity contribution < 1.29 is 5.11 Å². The Hall–Kier alpha value is -1.92. The number of nitrogens with one attached hydrogen (secondary N) is 2. The maximum absolute atomic E-state index is 8.76. The van der Waals surface area contributed by atoms with Crippen molar-refractivity contribution in [3.63, 3.8) is 0 Å². The number of halogens is 1. The zero-order chi connectivity index (χ0) is 15.6. The van der Waals surface area contributed by atoms with Gasteiger partial charge < -0.3 is 15.7 Å². The van der Waals surface area contributed by atoms with E-state index in [4.69, 9.17) is 16.7 Å². The minimum absolute atomic E-state index is 0.121. The molecule has 0 radical (unpaired) electrons. The molecule has 7 heteroatoms. The third-order valence-corrected chi connectivity index (χ3v) is 3.16.